The van der Waals surface area contributed by atoms with E-state index in [2.05, 4.69) is 16.8 Å². The van der Waals surface area contributed by atoms with Gasteiger partial charge in [0.1, 0.15) is 11.1 Å². The van der Waals surface area contributed by atoms with E-state index in [1.54, 1.807) is 11.3 Å². The minimum atomic E-state index is 0.204. The summed E-state index contributed by atoms with van der Waals surface area (Å²) >= 11 is 1.69. The van der Waals surface area contributed by atoms with Gasteiger partial charge in [-0.25, -0.2) is 4.98 Å². The molecule has 0 amide bonds. The monoisotopic (exact) mass is 212 g/mol. The van der Waals surface area contributed by atoms with Crippen molar-refractivity contribution >= 4 is 11.3 Å². The first-order valence-corrected chi connectivity index (χ1v) is 6.01. The Kier molecular flexibility index (Phi) is 3.50. The summed E-state index contributed by atoms with van der Waals surface area (Å²) in [6.07, 6.45) is 3.27. The fourth-order valence-electron chi connectivity index (χ4n) is 1.76. The largest absolute Gasteiger partial charge is 0.368 e. The molecule has 3 nitrogen and oxygen atoms in total. The van der Waals surface area contributed by atoms with Crippen molar-refractivity contribution in [3.8, 4) is 0 Å². The van der Waals surface area contributed by atoms with Gasteiger partial charge in [-0.3, -0.25) is 4.90 Å². The van der Waals surface area contributed by atoms with Gasteiger partial charge in [-0.15, -0.1) is 11.3 Å². The zero-order valence-corrected chi connectivity index (χ0v) is 9.30. The molecule has 2 rings (SSSR count). The van der Waals surface area contributed by atoms with Gasteiger partial charge in [0, 0.05) is 24.7 Å². The van der Waals surface area contributed by atoms with E-state index < -0.39 is 0 Å². The van der Waals surface area contributed by atoms with Crippen LogP contribution in [0.5, 0.6) is 0 Å². The van der Waals surface area contributed by atoms with Gasteiger partial charge in [0.25, 0.3) is 0 Å². The normalized spacial score (nSPS) is 23.9. The summed E-state index contributed by atoms with van der Waals surface area (Å²) in [6.45, 7) is 6.29. The molecular weight excluding hydrogens is 196 g/mol. The summed E-state index contributed by atoms with van der Waals surface area (Å²) in [5.74, 6) is 0. The quantitative estimate of drug-likeness (QED) is 0.765. The van der Waals surface area contributed by atoms with Gasteiger partial charge in [-0.05, 0) is 13.0 Å². The topological polar surface area (TPSA) is 25.4 Å². The van der Waals surface area contributed by atoms with Crippen molar-refractivity contribution in [1.29, 1.82) is 0 Å². The maximum atomic E-state index is 5.71. The number of hydrogen-bond acceptors (Lipinski definition) is 4. The Hall–Kier alpha value is -0.450. The van der Waals surface area contributed by atoms with Crippen molar-refractivity contribution in [1.82, 2.24) is 9.88 Å². The first-order valence-electron chi connectivity index (χ1n) is 5.13. The average molecular weight is 212 g/mol. The second-order valence-corrected chi connectivity index (χ2v) is 4.46. The molecule has 1 aromatic rings. The molecule has 1 atom stereocenters. The molecule has 0 bridgehead atoms. The summed E-state index contributed by atoms with van der Waals surface area (Å²) in [5.41, 5.74) is 0. The zero-order chi connectivity index (χ0) is 9.80. The Balaban J connectivity index is 1.94. The van der Waals surface area contributed by atoms with Crippen LogP contribution in [0.25, 0.3) is 0 Å². The third kappa shape index (κ3) is 2.32. The number of morpholine rings is 1. The van der Waals surface area contributed by atoms with E-state index in [0.29, 0.717) is 0 Å². The third-order valence-electron chi connectivity index (χ3n) is 2.42. The summed E-state index contributed by atoms with van der Waals surface area (Å²) in [7, 11) is 0. The van der Waals surface area contributed by atoms with Crippen LogP contribution in [-0.2, 0) is 4.74 Å². The van der Waals surface area contributed by atoms with Crippen LogP contribution in [0.3, 0.4) is 0 Å². The molecule has 14 heavy (non-hydrogen) atoms. The van der Waals surface area contributed by atoms with E-state index in [0.717, 1.165) is 24.7 Å². The molecule has 1 aliphatic rings. The summed E-state index contributed by atoms with van der Waals surface area (Å²) in [4.78, 5) is 6.76. The summed E-state index contributed by atoms with van der Waals surface area (Å²) in [5, 5.41) is 3.13. The standard InChI is InChI=1S/C10H16N2OS/c1-2-4-12-5-6-13-9(8-12)10-11-3-7-14-10/h3,7,9H,2,4-6,8H2,1H3. The number of ether oxygens (including phenoxy) is 1. The zero-order valence-electron chi connectivity index (χ0n) is 8.48. The molecule has 1 saturated heterocycles. The van der Waals surface area contributed by atoms with E-state index >= 15 is 0 Å². The highest BCUT2D eigenvalue weighted by atomic mass is 32.1. The van der Waals surface area contributed by atoms with E-state index in [9.17, 15) is 0 Å². The number of nitrogens with zero attached hydrogens (tertiary/aromatic N) is 2. The van der Waals surface area contributed by atoms with Gasteiger partial charge in [-0.1, -0.05) is 6.92 Å². The maximum absolute atomic E-state index is 5.71. The van der Waals surface area contributed by atoms with Crippen LogP contribution >= 0.6 is 11.3 Å². The fourth-order valence-corrected chi connectivity index (χ4v) is 2.44. The molecule has 0 N–H and O–H groups in total. The van der Waals surface area contributed by atoms with Crippen molar-refractivity contribution in [2.45, 2.75) is 19.4 Å². The van der Waals surface area contributed by atoms with Crippen molar-refractivity contribution in [3.63, 3.8) is 0 Å². The van der Waals surface area contributed by atoms with Crippen LogP contribution in [0, 0.1) is 0 Å². The summed E-state index contributed by atoms with van der Waals surface area (Å²) < 4.78 is 5.71. The molecular formula is C10H16N2OS. The lowest BCUT2D eigenvalue weighted by Gasteiger charge is -2.31. The van der Waals surface area contributed by atoms with Crippen LogP contribution in [-0.4, -0.2) is 36.1 Å². The van der Waals surface area contributed by atoms with E-state index in [1.165, 1.54) is 13.0 Å². The van der Waals surface area contributed by atoms with Gasteiger partial charge in [0.05, 0.1) is 6.61 Å². The minimum absolute atomic E-state index is 0.204. The predicted molar refractivity (Wildman–Crippen MR) is 57.5 cm³/mol. The average Bonchev–Trinajstić information content (AvgIpc) is 2.71. The molecule has 2 heterocycles. The molecule has 0 saturated carbocycles. The molecule has 0 spiro atoms. The molecule has 0 aromatic carbocycles. The Bertz CT molecular complexity index is 261. The molecule has 1 fully saturated rings. The van der Waals surface area contributed by atoms with E-state index in [1.807, 2.05) is 11.6 Å². The minimum Gasteiger partial charge on any atom is -0.368 e. The lowest BCUT2D eigenvalue weighted by Crippen LogP contribution is -2.38. The Morgan fingerprint density at radius 1 is 1.71 bits per heavy atom. The Labute approximate surface area is 88.7 Å². The highest BCUT2D eigenvalue weighted by Crippen LogP contribution is 2.23. The van der Waals surface area contributed by atoms with Crippen LogP contribution in [0.1, 0.15) is 24.5 Å². The maximum Gasteiger partial charge on any atom is 0.123 e. The second kappa shape index (κ2) is 4.87. The molecule has 1 aromatic heterocycles. The van der Waals surface area contributed by atoms with Gasteiger partial charge >= 0.3 is 0 Å². The van der Waals surface area contributed by atoms with E-state index in [-0.39, 0.29) is 6.10 Å². The first-order chi connectivity index (χ1) is 6.90. The van der Waals surface area contributed by atoms with E-state index in [4.69, 9.17) is 4.74 Å². The highest BCUT2D eigenvalue weighted by Gasteiger charge is 2.22. The van der Waals surface area contributed by atoms with Gasteiger partial charge < -0.3 is 4.74 Å². The van der Waals surface area contributed by atoms with Crippen LogP contribution in [0.4, 0.5) is 0 Å². The molecule has 1 unspecified atom stereocenters. The third-order valence-corrected chi connectivity index (χ3v) is 3.28. The van der Waals surface area contributed by atoms with Crippen molar-refractivity contribution in [3.05, 3.63) is 16.6 Å². The SMILES string of the molecule is CCCN1CCOC(c2nccs2)C1. The fraction of sp³-hybridized carbons (Fsp3) is 0.700. The Morgan fingerprint density at radius 2 is 2.64 bits per heavy atom. The molecule has 0 aliphatic carbocycles. The van der Waals surface area contributed by atoms with Crippen molar-refractivity contribution in [2.75, 3.05) is 26.2 Å². The molecule has 78 valence electrons. The Morgan fingerprint density at radius 3 is 3.36 bits per heavy atom. The van der Waals surface area contributed by atoms with Crippen molar-refractivity contribution < 1.29 is 4.74 Å². The van der Waals surface area contributed by atoms with Crippen LogP contribution in [0.2, 0.25) is 0 Å². The smallest absolute Gasteiger partial charge is 0.123 e. The number of rotatable bonds is 3. The second-order valence-electron chi connectivity index (χ2n) is 3.53. The van der Waals surface area contributed by atoms with Gasteiger partial charge in [0.2, 0.25) is 0 Å². The summed E-state index contributed by atoms with van der Waals surface area (Å²) in [6, 6.07) is 0. The lowest BCUT2D eigenvalue weighted by molar-refractivity contribution is -0.0299. The first kappa shape index (κ1) is 10.1. The van der Waals surface area contributed by atoms with Crippen LogP contribution in [0.15, 0.2) is 11.6 Å². The number of aromatic nitrogens is 1. The highest BCUT2D eigenvalue weighted by molar-refractivity contribution is 7.09. The number of hydrogen-bond donors (Lipinski definition) is 0. The van der Waals surface area contributed by atoms with Gasteiger partial charge in [0.15, 0.2) is 0 Å². The molecule has 1 aliphatic heterocycles. The lowest BCUT2D eigenvalue weighted by atomic mass is 10.2. The number of thiazole rings is 1. The molecule has 4 heteroatoms. The van der Waals surface area contributed by atoms with Crippen molar-refractivity contribution in [2.24, 2.45) is 0 Å². The van der Waals surface area contributed by atoms with Gasteiger partial charge in [-0.2, -0.15) is 0 Å². The predicted octanol–water partition coefficient (Wildman–Crippen LogP) is 1.93. The van der Waals surface area contributed by atoms with Crippen LogP contribution < -0.4 is 0 Å². The molecule has 0 radical (unpaired) electrons.